The average molecular weight is 224 g/mol. The molecule has 0 fully saturated rings. The Kier molecular flexibility index (Phi) is 3.03. The van der Waals surface area contributed by atoms with Gasteiger partial charge in [-0.1, -0.05) is 0 Å². The Labute approximate surface area is 89.9 Å². The van der Waals surface area contributed by atoms with E-state index in [-0.39, 0.29) is 30.1 Å². The van der Waals surface area contributed by atoms with Crippen LogP contribution >= 0.6 is 0 Å². The van der Waals surface area contributed by atoms with Crippen LogP contribution in [0, 0.1) is 5.41 Å². The topological polar surface area (TPSA) is 109 Å². The number of carboxylic acids is 2. The Morgan fingerprint density at radius 1 is 1.19 bits per heavy atom. The number of aldehydes is 2. The molecular weight excluding hydrogens is 216 g/mol. The molecule has 0 aromatic carbocycles. The van der Waals surface area contributed by atoms with Crippen molar-refractivity contribution in [3.8, 4) is 0 Å². The van der Waals surface area contributed by atoms with Crippen LogP contribution in [-0.2, 0) is 19.2 Å². The first-order valence-corrected chi connectivity index (χ1v) is 4.27. The summed E-state index contributed by atoms with van der Waals surface area (Å²) in [5.41, 5.74) is -2.34. The molecule has 0 saturated heterocycles. The van der Waals surface area contributed by atoms with Gasteiger partial charge in [0.25, 0.3) is 0 Å². The van der Waals surface area contributed by atoms with Gasteiger partial charge in [0.1, 0.15) is 18.0 Å². The van der Waals surface area contributed by atoms with Gasteiger partial charge in [-0.15, -0.1) is 0 Å². The lowest BCUT2D eigenvalue weighted by Gasteiger charge is -2.22. The molecule has 1 aliphatic carbocycles. The number of hydrogen-bond donors (Lipinski definition) is 2. The highest BCUT2D eigenvalue weighted by Gasteiger charge is 2.35. The second-order valence-corrected chi connectivity index (χ2v) is 3.40. The average Bonchev–Trinajstić information content (AvgIpc) is 2.28. The number of aliphatic carboxylic acids is 2. The smallest absolute Gasteiger partial charge is 0.335 e. The molecule has 0 amide bonds. The maximum atomic E-state index is 10.8. The van der Waals surface area contributed by atoms with Gasteiger partial charge < -0.3 is 19.8 Å². The Morgan fingerprint density at radius 2 is 1.75 bits per heavy atom. The van der Waals surface area contributed by atoms with E-state index in [9.17, 15) is 19.2 Å². The molecule has 2 N–H and O–H groups in total. The molecule has 0 aromatic heterocycles. The van der Waals surface area contributed by atoms with Crippen molar-refractivity contribution in [3.63, 3.8) is 0 Å². The van der Waals surface area contributed by atoms with Crippen LogP contribution in [0.15, 0.2) is 23.3 Å². The molecule has 6 nitrogen and oxygen atoms in total. The van der Waals surface area contributed by atoms with Crippen molar-refractivity contribution in [3.05, 3.63) is 23.3 Å². The summed E-state index contributed by atoms with van der Waals surface area (Å²) >= 11 is 0. The van der Waals surface area contributed by atoms with Gasteiger partial charge in [0.15, 0.2) is 0 Å². The van der Waals surface area contributed by atoms with E-state index in [4.69, 9.17) is 10.2 Å². The Balaban J connectivity index is 3.29. The molecule has 0 atom stereocenters. The molecule has 0 aromatic rings. The summed E-state index contributed by atoms with van der Waals surface area (Å²) < 4.78 is 0. The van der Waals surface area contributed by atoms with Gasteiger partial charge in [0.2, 0.25) is 0 Å². The molecule has 0 spiro atoms. The summed E-state index contributed by atoms with van der Waals surface area (Å²) in [5, 5.41) is 17.5. The van der Waals surface area contributed by atoms with Gasteiger partial charge in [-0.05, 0) is 12.2 Å². The molecule has 0 radical (unpaired) electrons. The van der Waals surface area contributed by atoms with Crippen LogP contribution in [0.4, 0.5) is 0 Å². The number of carboxylic acid groups (broad SMARTS) is 2. The predicted molar refractivity (Wildman–Crippen MR) is 50.6 cm³/mol. The zero-order valence-electron chi connectivity index (χ0n) is 8.04. The minimum absolute atomic E-state index is 0.249. The second kappa shape index (κ2) is 4.09. The van der Waals surface area contributed by atoms with Crippen LogP contribution in [0.1, 0.15) is 6.42 Å². The number of hydrogen-bond acceptors (Lipinski definition) is 4. The molecule has 0 saturated carbocycles. The fraction of sp³-hybridized carbons (Fsp3) is 0.200. The van der Waals surface area contributed by atoms with E-state index in [0.29, 0.717) is 0 Å². The van der Waals surface area contributed by atoms with E-state index >= 15 is 0 Å². The van der Waals surface area contributed by atoms with Crippen molar-refractivity contribution in [2.24, 2.45) is 5.41 Å². The van der Waals surface area contributed by atoms with Gasteiger partial charge in [-0.3, -0.25) is 0 Å². The van der Waals surface area contributed by atoms with Crippen LogP contribution < -0.4 is 0 Å². The van der Waals surface area contributed by atoms with Crippen molar-refractivity contribution in [2.45, 2.75) is 6.42 Å². The van der Waals surface area contributed by atoms with Gasteiger partial charge in [-0.25, -0.2) is 9.59 Å². The molecular formula is C10H8O6. The van der Waals surface area contributed by atoms with Crippen molar-refractivity contribution >= 4 is 24.5 Å². The summed E-state index contributed by atoms with van der Waals surface area (Å²) in [6.45, 7) is 0. The van der Waals surface area contributed by atoms with Crippen LogP contribution in [0.5, 0.6) is 0 Å². The predicted octanol–water partition coefficient (Wildman–Crippen LogP) is -0.204. The third-order valence-corrected chi connectivity index (χ3v) is 2.21. The van der Waals surface area contributed by atoms with Crippen LogP contribution in [0.25, 0.3) is 0 Å². The highest BCUT2D eigenvalue weighted by molar-refractivity contribution is 6.00. The maximum Gasteiger partial charge on any atom is 0.335 e. The largest absolute Gasteiger partial charge is 0.478 e. The molecule has 0 bridgehead atoms. The van der Waals surface area contributed by atoms with E-state index in [1.165, 1.54) is 0 Å². The Bertz CT molecular complexity index is 421. The lowest BCUT2D eigenvalue weighted by atomic mass is 9.78. The third kappa shape index (κ3) is 2.05. The summed E-state index contributed by atoms with van der Waals surface area (Å²) in [7, 11) is 0. The number of carbonyl (C=O) groups excluding carboxylic acids is 2. The minimum Gasteiger partial charge on any atom is -0.478 e. The van der Waals surface area contributed by atoms with Gasteiger partial charge in [0.05, 0.1) is 5.57 Å². The zero-order valence-corrected chi connectivity index (χ0v) is 8.04. The molecule has 1 rings (SSSR count). The number of allylic oxidation sites excluding steroid dienone is 1. The Hall–Kier alpha value is -2.24. The Morgan fingerprint density at radius 3 is 2.12 bits per heavy atom. The third-order valence-electron chi connectivity index (χ3n) is 2.21. The van der Waals surface area contributed by atoms with Crippen molar-refractivity contribution in [2.75, 3.05) is 0 Å². The number of rotatable bonds is 4. The molecule has 0 unspecified atom stereocenters. The van der Waals surface area contributed by atoms with E-state index in [0.717, 1.165) is 12.2 Å². The van der Waals surface area contributed by atoms with Crippen LogP contribution in [0.2, 0.25) is 0 Å². The first-order valence-electron chi connectivity index (χ1n) is 4.27. The quantitative estimate of drug-likeness (QED) is 0.505. The van der Waals surface area contributed by atoms with E-state index in [1.54, 1.807) is 0 Å². The van der Waals surface area contributed by atoms with Gasteiger partial charge in [0, 0.05) is 12.0 Å². The fourth-order valence-electron chi connectivity index (χ4n) is 1.39. The fourth-order valence-corrected chi connectivity index (χ4v) is 1.39. The molecule has 6 heteroatoms. The monoisotopic (exact) mass is 224 g/mol. The summed E-state index contributed by atoms with van der Waals surface area (Å²) in [5.74, 6) is -2.73. The summed E-state index contributed by atoms with van der Waals surface area (Å²) in [6.07, 6.45) is 2.07. The summed E-state index contributed by atoms with van der Waals surface area (Å²) in [6, 6.07) is 0. The molecule has 0 aliphatic heterocycles. The second-order valence-electron chi connectivity index (χ2n) is 3.40. The highest BCUT2D eigenvalue weighted by Crippen LogP contribution is 2.31. The van der Waals surface area contributed by atoms with Crippen molar-refractivity contribution in [1.29, 1.82) is 0 Å². The van der Waals surface area contributed by atoms with Crippen LogP contribution in [-0.4, -0.2) is 34.7 Å². The highest BCUT2D eigenvalue weighted by atomic mass is 16.4. The SMILES string of the molecule is O=CC1(C=O)C=C(C(=O)O)C=C(C(=O)O)C1. The van der Waals surface area contributed by atoms with E-state index in [2.05, 4.69) is 0 Å². The zero-order chi connectivity index (χ0) is 12.3. The normalized spacial score (nSPS) is 18.0. The van der Waals surface area contributed by atoms with E-state index in [1.807, 2.05) is 0 Å². The van der Waals surface area contributed by atoms with Gasteiger partial charge >= 0.3 is 11.9 Å². The molecule has 16 heavy (non-hydrogen) atoms. The van der Waals surface area contributed by atoms with Gasteiger partial charge in [-0.2, -0.15) is 0 Å². The maximum absolute atomic E-state index is 10.8. The molecule has 84 valence electrons. The van der Waals surface area contributed by atoms with E-state index < -0.39 is 17.4 Å². The molecule has 1 aliphatic rings. The first kappa shape index (κ1) is 11.8. The lowest BCUT2D eigenvalue weighted by molar-refractivity contribution is -0.133. The number of carbonyl (C=O) groups is 4. The minimum atomic E-state index is -1.68. The lowest BCUT2D eigenvalue weighted by Crippen LogP contribution is -2.28. The van der Waals surface area contributed by atoms with Crippen LogP contribution in [0.3, 0.4) is 0 Å². The van der Waals surface area contributed by atoms with Crippen molar-refractivity contribution in [1.82, 2.24) is 0 Å². The summed E-state index contributed by atoms with van der Waals surface area (Å²) in [4.78, 5) is 42.9. The standard InChI is InChI=1S/C10H8O6/c11-4-10(5-12)2-6(8(13)14)1-7(3-10)9(15)16/h1-2,4-5H,3H2,(H,13,14)(H,15,16). The first-order chi connectivity index (χ1) is 7.44. The van der Waals surface area contributed by atoms with Crippen molar-refractivity contribution < 1.29 is 29.4 Å². The molecule has 0 heterocycles.